The number of nitrogens with one attached hydrogen (secondary N) is 1. The monoisotopic (exact) mass is 394 g/mol. The Kier molecular flexibility index (Phi) is 6.26. The molecule has 2 aliphatic rings. The fraction of sp³-hybridized carbons (Fsp3) is 0.526. The molecule has 0 saturated heterocycles. The molecule has 1 heterocycles. The van der Waals surface area contributed by atoms with Gasteiger partial charge >= 0.3 is 0 Å². The van der Waals surface area contributed by atoms with E-state index in [2.05, 4.69) is 11.4 Å². The summed E-state index contributed by atoms with van der Waals surface area (Å²) in [6, 6.07) is 4.92. The minimum atomic E-state index is -3.62. The molecule has 0 fully saturated rings. The fourth-order valence-corrected chi connectivity index (χ4v) is 4.22. The van der Waals surface area contributed by atoms with Crippen LogP contribution in [0.2, 0.25) is 0 Å². The highest BCUT2D eigenvalue weighted by molar-refractivity contribution is 7.92. The fourth-order valence-electron chi connectivity index (χ4n) is 3.16. The van der Waals surface area contributed by atoms with Crippen molar-refractivity contribution in [3.63, 3.8) is 0 Å². The number of carbonyl (C=O) groups excluding carboxylic acids is 1. The van der Waals surface area contributed by atoms with E-state index >= 15 is 0 Å². The number of nitrogens with zero attached hydrogens (tertiary/aromatic N) is 1. The number of sulfonamides is 1. The summed E-state index contributed by atoms with van der Waals surface area (Å²) in [5.74, 6) is 0.642. The van der Waals surface area contributed by atoms with E-state index in [0.29, 0.717) is 36.9 Å². The van der Waals surface area contributed by atoms with Crippen LogP contribution in [0.3, 0.4) is 0 Å². The van der Waals surface area contributed by atoms with Gasteiger partial charge in [-0.25, -0.2) is 8.42 Å². The zero-order chi connectivity index (χ0) is 19.3. The SMILES string of the molecule is CCS(=O)(=O)N(CC(=O)NCC1=CCCCC1)c1ccc2c(c1)OCCO2. The number of hydrogen-bond acceptors (Lipinski definition) is 5. The highest BCUT2D eigenvalue weighted by Crippen LogP contribution is 2.34. The van der Waals surface area contributed by atoms with Crippen molar-refractivity contribution in [2.45, 2.75) is 32.6 Å². The van der Waals surface area contributed by atoms with E-state index in [9.17, 15) is 13.2 Å². The van der Waals surface area contributed by atoms with E-state index in [-0.39, 0.29) is 18.2 Å². The van der Waals surface area contributed by atoms with Crippen molar-refractivity contribution < 1.29 is 22.7 Å². The standard InChI is InChI=1S/C19H26N2O5S/c1-2-27(23,24)21(14-19(22)20-13-15-6-4-3-5-7-15)16-8-9-17-18(12-16)26-11-10-25-17/h6,8-9,12H,2-5,7,10-11,13-14H2,1H3,(H,20,22). The molecule has 0 atom stereocenters. The third kappa shape index (κ3) is 4.94. The van der Waals surface area contributed by atoms with Crippen LogP contribution < -0.4 is 19.1 Å². The molecule has 0 aromatic heterocycles. The zero-order valence-electron chi connectivity index (χ0n) is 15.6. The van der Waals surface area contributed by atoms with Crippen LogP contribution in [0.25, 0.3) is 0 Å². The lowest BCUT2D eigenvalue weighted by atomic mass is 10.00. The molecule has 148 valence electrons. The molecule has 1 amide bonds. The number of allylic oxidation sites excluding steroid dienone is 1. The highest BCUT2D eigenvalue weighted by atomic mass is 32.2. The number of carbonyl (C=O) groups is 1. The first kappa shape index (κ1) is 19.5. The maximum absolute atomic E-state index is 12.6. The van der Waals surface area contributed by atoms with Crippen LogP contribution in [-0.4, -0.2) is 46.4 Å². The maximum atomic E-state index is 12.6. The minimum absolute atomic E-state index is 0.0973. The van der Waals surface area contributed by atoms with Gasteiger partial charge in [0.15, 0.2) is 11.5 Å². The molecule has 0 unspecified atom stereocenters. The van der Waals surface area contributed by atoms with E-state index in [4.69, 9.17) is 9.47 Å². The van der Waals surface area contributed by atoms with Gasteiger partial charge < -0.3 is 14.8 Å². The number of amides is 1. The van der Waals surface area contributed by atoms with Crippen LogP contribution in [0.15, 0.2) is 29.8 Å². The van der Waals surface area contributed by atoms with Gasteiger partial charge in [-0.15, -0.1) is 0 Å². The number of benzene rings is 1. The van der Waals surface area contributed by atoms with Crippen molar-refractivity contribution in [1.82, 2.24) is 5.32 Å². The summed E-state index contributed by atoms with van der Waals surface area (Å²) in [5.41, 5.74) is 1.60. The van der Waals surface area contributed by atoms with E-state index in [1.54, 1.807) is 25.1 Å². The van der Waals surface area contributed by atoms with Gasteiger partial charge in [-0.05, 0) is 44.7 Å². The van der Waals surface area contributed by atoms with Crippen LogP contribution in [0.1, 0.15) is 32.6 Å². The third-order valence-electron chi connectivity index (χ3n) is 4.70. The molecule has 27 heavy (non-hydrogen) atoms. The second-order valence-corrected chi connectivity index (χ2v) is 8.80. The molecule has 0 bridgehead atoms. The van der Waals surface area contributed by atoms with Gasteiger partial charge in [-0.3, -0.25) is 9.10 Å². The number of hydrogen-bond donors (Lipinski definition) is 1. The van der Waals surface area contributed by atoms with Crippen LogP contribution in [0, 0.1) is 0 Å². The van der Waals surface area contributed by atoms with Crippen molar-refractivity contribution in [2.24, 2.45) is 0 Å². The molecule has 1 aliphatic heterocycles. The Morgan fingerprint density at radius 3 is 2.67 bits per heavy atom. The van der Waals surface area contributed by atoms with Gasteiger partial charge in [0.2, 0.25) is 15.9 Å². The molecule has 0 radical (unpaired) electrons. The largest absolute Gasteiger partial charge is 0.486 e. The summed E-state index contributed by atoms with van der Waals surface area (Å²) in [6.07, 6.45) is 6.50. The Morgan fingerprint density at radius 1 is 1.19 bits per heavy atom. The quantitative estimate of drug-likeness (QED) is 0.717. The number of anilines is 1. The van der Waals surface area contributed by atoms with Gasteiger partial charge in [-0.1, -0.05) is 11.6 Å². The molecule has 0 saturated carbocycles. The van der Waals surface area contributed by atoms with Crippen molar-refractivity contribution in [2.75, 3.05) is 36.4 Å². The summed E-state index contributed by atoms with van der Waals surface area (Å²) < 4.78 is 37.3. The molecular weight excluding hydrogens is 368 g/mol. The Hall–Kier alpha value is -2.22. The lowest BCUT2D eigenvalue weighted by Gasteiger charge is -2.26. The lowest BCUT2D eigenvalue weighted by molar-refractivity contribution is -0.119. The van der Waals surface area contributed by atoms with Crippen molar-refractivity contribution in [3.05, 3.63) is 29.8 Å². The molecule has 1 aliphatic carbocycles. The van der Waals surface area contributed by atoms with Crippen molar-refractivity contribution >= 4 is 21.6 Å². The average molecular weight is 394 g/mol. The van der Waals surface area contributed by atoms with Gasteiger partial charge in [0.1, 0.15) is 19.8 Å². The van der Waals surface area contributed by atoms with E-state index in [1.807, 2.05) is 0 Å². The molecule has 0 spiro atoms. The van der Waals surface area contributed by atoms with E-state index < -0.39 is 10.0 Å². The Bertz CT molecular complexity index is 819. The summed E-state index contributed by atoms with van der Waals surface area (Å²) >= 11 is 0. The van der Waals surface area contributed by atoms with Crippen molar-refractivity contribution in [3.8, 4) is 11.5 Å². The van der Waals surface area contributed by atoms with Crippen LogP contribution >= 0.6 is 0 Å². The number of rotatable bonds is 7. The molecule has 3 rings (SSSR count). The summed E-state index contributed by atoms with van der Waals surface area (Å²) in [4.78, 5) is 12.4. The third-order valence-corrected chi connectivity index (χ3v) is 6.44. The number of ether oxygens (including phenoxy) is 2. The summed E-state index contributed by atoms with van der Waals surface area (Å²) in [7, 11) is -3.62. The molecule has 1 N–H and O–H groups in total. The molecule has 8 heteroatoms. The van der Waals surface area contributed by atoms with Crippen LogP contribution in [0.4, 0.5) is 5.69 Å². The predicted octanol–water partition coefficient (Wildman–Crippen LogP) is 2.23. The normalized spacial score (nSPS) is 16.4. The summed E-state index contributed by atoms with van der Waals surface area (Å²) in [5, 5.41) is 2.84. The molecule has 1 aromatic carbocycles. The smallest absolute Gasteiger partial charge is 0.241 e. The highest BCUT2D eigenvalue weighted by Gasteiger charge is 2.25. The van der Waals surface area contributed by atoms with Gasteiger partial charge in [0.25, 0.3) is 0 Å². The number of fused-ring (bicyclic) bond motifs is 1. The second-order valence-electron chi connectivity index (χ2n) is 6.62. The lowest BCUT2D eigenvalue weighted by Crippen LogP contribution is -2.42. The molecule has 1 aromatic rings. The predicted molar refractivity (Wildman–Crippen MR) is 104 cm³/mol. The van der Waals surface area contributed by atoms with Crippen LogP contribution in [-0.2, 0) is 14.8 Å². The second kappa shape index (κ2) is 8.65. The van der Waals surface area contributed by atoms with Gasteiger partial charge in [-0.2, -0.15) is 0 Å². The van der Waals surface area contributed by atoms with Gasteiger partial charge in [0, 0.05) is 12.6 Å². The van der Waals surface area contributed by atoms with Crippen LogP contribution in [0.5, 0.6) is 11.5 Å². The average Bonchev–Trinajstić information content (AvgIpc) is 2.70. The Morgan fingerprint density at radius 2 is 1.96 bits per heavy atom. The Labute approximate surface area is 160 Å². The first-order valence-electron chi connectivity index (χ1n) is 9.34. The topological polar surface area (TPSA) is 84.9 Å². The summed E-state index contributed by atoms with van der Waals surface area (Å²) in [6.45, 7) is 2.64. The van der Waals surface area contributed by atoms with Gasteiger partial charge in [0.05, 0.1) is 11.4 Å². The Balaban J connectivity index is 1.74. The van der Waals surface area contributed by atoms with E-state index in [1.165, 1.54) is 12.0 Å². The first-order chi connectivity index (χ1) is 13.0. The van der Waals surface area contributed by atoms with E-state index in [0.717, 1.165) is 23.6 Å². The molecular formula is C19H26N2O5S. The first-order valence-corrected chi connectivity index (χ1v) is 10.9. The zero-order valence-corrected chi connectivity index (χ0v) is 16.4. The minimum Gasteiger partial charge on any atom is -0.486 e. The van der Waals surface area contributed by atoms with Crippen molar-refractivity contribution in [1.29, 1.82) is 0 Å². The maximum Gasteiger partial charge on any atom is 0.241 e. The molecule has 7 nitrogen and oxygen atoms in total.